The lowest BCUT2D eigenvalue weighted by molar-refractivity contribution is -0.121. The second kappa shape index (κ2) is 7.44. The van der Waals surface area contributed by atoms with Crippen molar-refractivity contribution in [3.05, 3.63) is 48.0 Å². The molecule has 2 aromatic rings. The Hall–Kier alpha value is -2.73. The average Bonchev–Trinajstić information content (AvgIpc) is 2.63. The van der Waals surface area contributed by atoms with Gasteiger partial charge in [-0.05, 0) is 48.9 Å². The van der Waals surface area contributed by atoms with E-state index in [0.29, 0.717) is 18.9 Å². The predicted octanol–water partition coefficient (Wildman–Crippen LogP) is 2.52. The topological polar surface area (TPSA) is 74.0 Å². The van der Waals surface area contributed by atoms with Gasteiger partial charge in [0.2, 0.25) is 0 Å². The van der Waals surface area contributed by atoms with Crippen LogP contribution in [0.1, 0.15) is 18.5 Å². The summed E-state index contributed by atoms with van der Waals surface area (Å²) in [6.45, 7) is 2.75. The lowest BCUT2D eigenvalue weighted by atomic mass is 10.1. The number of ether oxygens (including phenoxy) is 3. The molecule has 6 nitrogen and oxygen atoms in total. The monoisotopic (exact) mass is 342 g/mol. The van der Waals surface area contributed by atoms with Gasteiger partial charge < -0.3 is 24.8 Å². The third-order valence-corrected chi connectivity index (χ3v) is 4.09. The average molecular weight is 342 g/mol. The van der Waals surface area contributed by atoms with Gasteiger partial charge in [0.1, 0.15) is 23.9 Å². The number of nitrogens with two attached hydrogens (primary N) is 1. The summed E-state index contributed by atoms with van der Waals surface area (Å²) in [7, 11) is 1.62. The standard InChI is InChI=1S/C19H22N2O4/c1-13(20)14-3-8-18-17(11-14)21(19(22)12-25-18)9-10-24-16-6-4-15(23-2)5-7-16/h3-8,11,13H,9-10,12,20H2,1-2H3. The number of methoxy groups -OCH3 is 1. The van der Waals surface area contributed by atoms with Crippen molar-refractivity contribution >= 4 is 11.6 Å². The van der Waals surface area contributed by atoms with E-state index in [1.54, 1.807) is 12.0 Å². The lowest BCUT2D eigenvalue weighted by Gasteiger charge is -2.30. The molecule has 2 aromatic carbocycles. The van der Waals surface area contributed by atoms with Crippen LogP contribution in [0.5, 0.6) is 17.2 Å². The van der Waals surface area contributed by atoms with Crippen molar-refractivity contribution in [2.24, 2.45) is 5.73 Å². The maximum Gasteiger partial charge on any atom is 0.265 e. The van der Waals surface area contributed by atoms with Gasteiger partial charge in [0.25, 0.3) is 5.91 Å². The molecular weight excluding hydrogens is 320 g/mol. The van der Waals surface area contributed by atoms with Crippen LogP contribution in [0.3, 0.4) is 0 Å². The smallest absolute Gasteiger partial charge is 0.265 e. The van der Waals surface area contributed by atoms with Crippen LogP contribution in [0.15, 0.2) is 42.5 Å². The van der Waals surface area contributed by atoms with E-state index in [1.165, 1.54) is 0 Å². The minimum absolute atomic E-state index is 0.0348. The summed E-state index contributed by atoms with van der Waals surface area (Å²) >= 11 is 0. The predicted molar refractivity (Wildman–Crippen MR) is 95.4 cm³/mol. The number of benzene rings is 2. The van der Waals surface area contributed by atoms with Crippen molar-refractivity contribution in [1.29, 1.82) is 0 Å². The molecule has 0 saturated carbocycles. The van der Waals surface area contributed by atoms with Gasteiger partial charge in [0.05, 0.1) is 19.3 Å². The fourth-order valence-electron chi connectivity index (χ4n) is 2.67. The molecule has 0 aliphatic carbocycles. The van der Waals surface area contributed by atoms with Crippen molar-refractivity contribution in [1.82, 2.24) is 0 Å². The van der Waals surface area contributed by atoms with Crippen molar-refractivity contribution in [2.75, 3.05) is 31.8 Å². The van der Waals surface area contributed by atoms with Gasteiger partial charge in [-0.25, -0.2) is 0 Å². The zero-order chi connectivity index (χ0) is 17.8. The van der Waals surface area contributed by atoms with Crippen LogP contribution in [-0.4, -0.2) is 32.8 Å². The van der Waals surface area contributed by atoms with Crippen LogP contribution >= 0.6 is 0 Å². The van der Waals surface area contributed by atoms with E-state index < -0.39 is 0 Å². The summed E-state index contributed by atoms with van der Waals surface area (Å²) in [6, 6.07) is 12.9. The molecule has 0 fully saturated rings. The number of carbonyl (C=O) groups is 1. The van der Waals surface area contributed by atoms with Crippen LogP contribution in [0.25, 0.3) is 0 Å². The van der Waals surface area contributed by atoms with Crippen LogP contribution in [0, 0.1) is 0 Å². The molecule has 3 rings (SSSR count). The molecule has 6 heteroatoms. The highest BCUT2D eigenvalue weighted by molar-refractivity contribution is 5.97. The Morgan fingerprint density at radius 3 is 2.60 bits per heavy atom. The number of amides is 1. The maximum atomic E-state index is 12.3. The highest BCUT2D eigenvalue weighted by atomic mass is 16.5. The highest BCUT2D eigenvalue weighted by Gasteiger charge is 2.26. The van der Waals surface area contributed by atoms with Crippen LogP contribution in [0.2, 0.25) is 0 Å². The summed E-state index contributed by atoms with van der Waals surface area (Å²) in [5.41, 5.74) is 7.64. The largest absolute Gasteiger partial charge is 0.497 e. The van der Waals surface area contributed by atoms with E-state index in [4.69, 9.17) is 19.9 Å². The van der Waals surface area contributed by atoms with Gasteiger partial charge in [-0.3, -0.25) is 4.79 Å². The van der Waals surface area contributed by atoms with Gasteiger partial charge in [0.15, 0.2) is 6.61 Å². The number of rotatable bonds is 6. The second-order valence-electron chi connectivity index (χ2n) is 5.87. The minimum Gasteiger partial charge on any atom is -0.497 e. The molecule has 0 saturated heterocycles. The fraction of sp³-hybridized carbons (Fsp3) is 0.316. The van der Waals surface area contributed by atoms with Crippen LogP contribution in [-0.2, 0) is 4.79 Å². The molecule has 1 heterocycles. The zero-order valence-electron chi connectivity index (χ0n) is 14.4. The molecule has 1 aliphatic rings. The summed E-state index contributed by atoms with van der Waals surface area (Å²) in [5.74, 6) is 2.10. The van der Waals surface area contributed by atoms with Gasteiger partial charge in [-0.2, -0.15) is 0 Å². The van der Waals surface area contributed by atoms with Crippen LogP contribution < -0.4 is 24.8 Å². The number of carbonyl (C=O) groups excluding carboxylic acids is 1. The molecule has 0 bridgehead atoms. The normalized spacial score (nSPS) is 14.5. The number of hydrogen-bond donors (Lipinski definition) is 1. The zero-order valence-corrected chi connectivity index (χ0v) is 14.4. The molecule has 132 valence electrons. The molecule has 0 spiro atoms. The van der Waals surface area contributed by atoms with Crippen molar-refractivity contribution in [3.63, 3.8) is 0 Å². The first-order chi connectivity index (χ1) is 12.1. The Kier molecular flexibility index (Phi) is 5.09. The Balaban J connectivity index is 1.69. The van der Waals surface area contributed by atoms with E-state index in [9.17, 15) is 4.79 Å². The Labute approximate surface area is 147 Å². The quantitative estimate of drug-likeness (QED) is 0.873. The Bertz CT molecular complexity index is 744. The van der Waals surface area contributed by atoms with Gasteiger partial charge in [0, 0.05) is 6.04 Å². The third kappa shape index (κ3) is 3.85. The maximum absolute atomic E-state index is 12.3. The summed E-state index contributed by atoms with van der Waals surface area (Å²) in [6.07, 6.45) is 0. The number of nitrogens with zero attached hydrogens (tertiary/aromatic N) is 1. The molecule has 2 N–H and O–H groups in total. The van der Waals surface area contributed by atoms with E-state index in [-0.39, 0.29) is 18.6 Å². The lowest BCUT2D eigenvalue weighted by Crippen LogP contribution is -2.41. The van der Waals surface area contributed by atoms with E-state index in [1.807, 2.05) is 49.4 Å². The summed E-state index contributed by atoms with van der Waals surface area (Å²) < 4.78 is 16.4. The summed E-state index contributed by atoms with van der Waals surface area (Å²) in [4.78, 5) is 14.0. The van der Waals surface area contributed by atoms with Gasteiger partial charge >= 0.3 is 0 Å². The molecule has 0 aromatic heterocycles. The molecule has 0 radical (unpaired) electrons. The SMILES string of the molecule is COc1ccc(OCCN2C(=O)COc3ccc(C(C)N)cc32)cc1. The number of hydrogen-bond acceptors (Lipinski definition) is 5. The molecule has 25 heavy (non-hydrogen) atoms. The Morgan fingerprint density at radius 2 is 1.92 bits per heavy atom. The van der Waals surface area contributed by atoms with Gasteiger partial charge in [-0.15, -0.1) is 0 Å². The molecule has 1 amide bonds. The third-order valence-electron chi connectivity index (χ3n) is 4.09. The first kappa shape index (κ1) is 17.1. The second-order valence-corrected chi connectivity index (χ2v) is 5.87. The van der Waals surface area contributed by atoms with E-state index in [0.717, 1.165) is 22.7 Å². The molecular formula is C19H22N2O4. The highest BCUT2D eigenvalue weighted by Crippen LogP contribution is 2.34. The van der Waals surface area contributed by atoms with E-state index in [2.05, 4.69) is 0 Å². The molecule has 1 atom stereocenters. The minimum atomic E-state index is -0.111. The Morgan fingerprint density at radius 1 is 1.20 bits per heavy atom. The number of anilines is 1. The molecule has 1 aliphatic heterocycles. The van der Waals surface area contributed by atoms with Crippen molar-refractivity contribution in [3.8, 4) is 17.2 Å². The first-order valence-electron chi connectivity index (χ1n) is 8.18. The molecule has 1 unspecified atom stereocenters. The van der Waals surface area contributed by atoms with E-state index >= 15 is 0 Å². The van der Waals surface area contributed by atoms with Crippen LogP contribution in [0.4, 0.5) is 5.69 Å². The summed E-state index contributed by atoms with van der Waals surface area (Å²) in [5, 5.41) is 0. The fourth-order valence-corrected chi connectivity index (χ4v) is 2.67. The van der Waals surface area contributed by atoms with Crippen molar-refractivity contribution in [2.45, 2.75) is 13.0 Å². The van der Waals surface area contributed by atoms with Crippen molar-refractivity contribution < 1.29 is 19.0 Å². The number of fused-ring (bicyclic) bond motifs is 1. The van der Waals surface area contributed by atoms with Gasteiger partial charge in [-0.1, -0.05) is 6.07 Å². The first-order valence-corrected chi connectivity index (χ1v) is 8.18.